The van der Waals surface area contributed by atoms with Crippen molar-refractivity contribution in [3.8, 4) is 22.3 Å². The first-order valence-corrected chi connectivity index (χ1v) is 18.0. The molecule has 0 fully saturated rings. The Morgan fingerprint density at radius 1 is 0.321 bits per heavy atom. The third kappa shape index (κ3) is 4.68. The molecule has 0 unspecified atom stereocenters. The van der Waals surface area contributed by atoms with Crippen LogP contribution in [0.5, 0.6) is 0 Å². The van der Waals surface area contributed by atoms with E-state index in [1.54, 1.807) is 0 Å². The Balaban J connectivity index is 1.07. The van der Waals surface area contributed by atoms with Crippen LogP contribution in [0.15, 0.2) is 197 Å². The second-order valence-electron chi connectivity index (χ2n) is 13.7. The van der Waals surface area contributed by atoms with Crippen molar-refractivity contribution in [2.75, 3.05) is 4.90 Å². The van der Waals surface area contributed by atoms with Crippen LogP contribution in [0.4, 0.5) is 17.1 Å². The molecule has 3 heteroatoms. The third-order valence-corrected chi connectivity index (χ3v) is 10.7. The van der Waals surface area contributed by atoms with Crippen LogP contribution in [-0.2, 0) is 0 Å². The molecule has 0 atom stereocenters. The average molecular weight is 678 g/mol. The summed E-state index contributed by atoms with van der Waals surface area (Å²) < 4.78 is 13.4. The van der Waals surface area contributed by atoms with Gasteiger partial charge >= 0.3 is 0 Å². The second kappa shape index (κ2) is 11.7. The van der Waals surface area contributed by atoms with E-state index in [9.17, 15) is 0 Å². The Morgan fingerprint density at radius 2 is 0.943 bits per heavy atom. The molecule has 2 aromatic heterocycles. The normalized spacial score (nSPS) is 11.8. The summed E-state index contributed by atoms with van der Waals surface area (Å²) in [4.78, 5) is 2.34. The van der Waals surface area contributed by atoms with Crippen molar-refractivity contribution in [1.29, 1.82) is 0 Å². The van der Waals surface area contributed by atoms with Gasteiger partial charge in [-0.1, -0.05) is 146 Å². The molecule has 0 aliphatic rings. The van der Waals surface area contributed by atoms with Gasteiger partial charge in [-0.2, -0.15) is 0 Å². The summed E-state index contributed by atoms with van der Waals surface area (Å²) in [5.74, 6) is 0. The lowest BCUT2D eigenvalue weighted by atomic mass is 10.00. The van der Waals surface area contributed by atoms with Gasteiger partial charge in [-0.15, -0.1) is 0 Å². The number of para-hydroxylation sites is 2. The average Bonchev–Trinajstić information content (AvgIpc) is 3.81. The zero-order valence-corrected chi connectivity index (χ0v) is 28.7. The summed E-state index contributed by atoms with van der Waals surface area (Å²) in [5, 5.41) is 9.09. The van der Waals surface area contributed by atoms with Crippen LogP contribution in [0.3, 0.4) is 0 Å². The Kier molecular flexibility index (Phi) is 6.55. The van der Waals surface area contributed by atoms with Crippen LogP contribution in [-0.4, -0.2) is 0 Å². The van der Waals surface area contributed by atoms with Crippen molar-refractivity contribution in [2.45, 2.75) is 0 Å². The molecule has 0 bridgehead atoms. The molecule has 0 saturated heterocycles. The predicted octanol–water partition coefficient (Wildman–Crippen LogP) is 14.6. The number of fused-ring (bicyclic) bond motifs is 9. The van der Waals surface area contributed by atoms with E-state index < -0.39 is 0 Å². The first-order valence-electron chi connectivity index (χ1n) is 18.0. The summed E-state index contributed by atoms with van der Waals surface area (Å²) in [7, 11) is 0. The van der Waals surface area contributed by atoms with Crippen molar-refractivity contribution in [3.05, 3.63) is 188 Å². The van der Waals surface area contributed by atoms with Gasteiger partial charge in [-0.25, -0.2) is 0 Å². The van der Waals surface area contributed by atoms with Gasteiger partial charge in [0.05, 0.1) is 11.4 Å². The molecule has 248 valence electrons. The molecule has 0 aliphatic carbocycles. The van der Waals surface area contributed by atoms with Crippen LogP contribution in [0, 0.1) is 0 Å². The number of rotatable bonds is 5. The first-order chi connectivity index (χ1) is 26.3. The second-order valence-corrected chi connectivity index (χ2v) is 13.7. The maximum Gasteiger partial charge on any atom is 0.159 e. The Morgan fingerprint density at radius 3 is 1.79 bits per heavy atom. The van der Waals surface area contributed by atoms with Crippen LogP contribution >= 0.6 is 0 Å². The number of benzene rings is 9. The highest BCUT2D eigenvalue weighted by molar-refractivity contribution is 6.18. The summed E-state index contributed by atoms with van der Waals surface area (Å²) >= 11 is 0. The van der Waals surface area contributed by atoms with Gasteiger partial charge in [0.1, 0.15) is 16.7 Å². The van der Waals surface area contributed by atoms with Crippen LogP contribution in [0.25, 0.3) is 87.7 Å². The molecule has 2 heterocycles. The fourth-order valence-electron chi connectivity index (χ4n) is 8.12. The minimum Gasteiger partial charge on any atom is -0.455 e. The number of nitrogens with zero attached hydrogens (tertiary/aromatic N) is 1. The summed E-state index contributed by atoms with van der Waals surface area (Å²) in [5.41, 5.74) is 11.2. The molecule has 11 rings (SSSR count). The smallest absolute Gasteiger partial charge is 0.159 e. The molecule has 0 radical (unpaired) electrons. The highest BCUT2D eigenvalue weighted by Gasteiger charge is 2.22. The van der Waals surface area contributed by atoms with E-state index in [4.69, 9.17) is 8.83 Å². The molecular formula is C50H31NO2. The quantitative estimate of drug-likeness (QED) is 0.182. The van der Waals surface area contributed by atoms with E-state index >= 15 is 0 Å². The van der Waals surface area contributed by atoms with E-state index in [2.05, 4.69) is 187 Å². The van der Waals surface area contributed by atoms with Gasteiger partial charge in [0.2, 0.25) is 0 Å². The maximum atomic E-state index is 6.88. The topological polar surface area (TPSA) is 29.5 Å². The Labute approximate surface area is 305 Å². The fraction of sp³-hybridized carbons (Fsp3) is 0. The summed E-state index contributed by atoms with van der Waals surface area (Å²) in [6.07, 6.45) is 0. The molecule has 0 amide bonds. The van der Waals surface area contributed by atoms with E-state index in [0.717, 1.165) is 88.6 Å². The minimum absolute atomic E-state index is 0.864. The molecule has 0 saturated carbocycles. The van der Waals surface area contributed by atoms with Crippen LogP contribution < -0.4 is 4.90 Å². The van der Waals surface area contributed by atoms with Gasteiger partial charge in [0.25, 0.3) is 0 Å². The number of anilines is 3. The lowest BCUT2D eigenvalue weighted by molar-refractivity contribution is 0.670. The summed E-state index contributed by atoms with van der Waals surface area (Å²) in [6.45, 7) is 0. The molecule has 0 N–H and O–H groups in total. The number of furan rings is 2. The lowest BCUT2D eigenvalue weighted by Gasteiger charge is -2.27. The highest BCUT2D eigenvalue weighted by Crippen LogP contribution is 2.46. The molecule has 11 aromatic rings. The first kappa shape index (κ1) is 29.6. The van der Waals surface area contributed by atoms with E-state index in [1.807, 2.05) is 6.07 Å². The van der Waals surface area contributed by atoms with E-state index in [1.165, 1.54) is 16.2 Å². The maximum absolute atomic E-state index is 6.88. The highest BCUT2D eigenvalue weighted by atomic mass is 16.3. The lowest BCUT2D eigenvalue weighted by Crippen LogP contribution is -2.10. The van der Waals surface area contributed by atoms with Crippen molar-refractivity contribution >= 4 is 82.5 Å². The van der Waals surface area contributed by atoms with Gasteiger partial charge in [0, 0.05) is 43.6 Å². The molecular weight excluding hydrogens is 647 g/mol. The number of hydrogen-bond acceptors (Lipinski definition) is 3. The van der Waals surface area contributed by atoms with Gasteiger partial charge in [-0.3, -0.25) is 0 Å². The molecule has 0 spiro atoms. The predicted molar refractivity (Wildman–Crippen MR) is 222 cm³/mol. The standard InChI is InChI=1S/C50H31NO2/c1-2-11-34(12-3-1)40-18-9-19-42-44-31-36(26-30-47(44)52-48(40)42)32-23-27-37(28-24-32)51(45-21-8-15-33-13-4-6-16-38(33)45)46-22-10-20-41-43-29-25-35-14-5-7-17-39(35)49(43)53-50(41)46/h1-31H. The molecule has 0 aliphatic heterocycles. The van der Waals surface area contributed by atoms with Gasteiger partial charge in [0.15, 0.2) is 5.58 Å². The van der Waals surface area contributed by atoms with Gasteiger partial charge < -0.3 is 13.7 Å². The minimum atomic E-state index is 0.864. The van der Waals surface area contributed by atoms with Crippen molar-refractivity contribution in [1.82, 2.24) is 0 Å². The Hall–Kier alpha value is -7.10. The third-order valence-electron chi connectivity index (χ3n) is 10.7. The largest absolute Gasteiger partial charge is 0.455 e. The molecule has 53 heavy (non-hydrogen) atoms. The SMILES string of the molecule is c1ccc(-c2cccc3c2oc2ccc(-c4ccc(N(c5cccc6ccccc56)c5cccc6c5oc5c7ccccc7ccc65)cc4)cc23)cc1. The van der Waals surface area contributed by atoms with Crippen molar-refractivity contribution < 1.29 is 8.83 Å². The Bertz CT molecular complexity index is 3160. The van der Waals surface area contributed by atoms with E-state index in [0.29, 0.717) is 0 Å². The fourth-order valence-corrected chi connectivity index (χ4v) is 8.12. The van der Waals surface area contributed by atoms with Crippen LogP contribution in [0.2, 0.25) is 0 Å². The van der Waals surface area contributed by atoms with E-state index in [-0.39, 0.29) is 0 Å². The number of hydrogen-bond donors (Lipinski definition) is 0. The zero-order chi connectivity index (χ0) is 34.9. The molecule has 3 nitrogen and oxygen atoms in total. The van der Waals surface area contributed by atoms with Gasteiger partial charge in [-0.05, 0) is 69.9 Å². The monoisotopic (exact) mass is 677 g/mol. The zero-order valence-electron chi connectivity index (χ0n) is 28.7. The van der Waals surface area contributed by atoms with Crippen molar-refractivity contribution in [3.63, 3.8) is 0 Å². The molecule has 9 aromatic carbocycles. The summed E-state index contributed by atoms with van der Waals surface area (Å²) in [6, 6.07) is 66.6. The van der Waals surface area contributed by atoms with Crippen molar-refractivity contribution in [2.24, 2.45) is 0 Å². The van der Waals surface area contributed by atoms with Crippen LogP contribution in [0.1, 0.15) is 0 Å².